The predicted molar refractivity (Wildman–Crippen MR) is 105 cm³/mol. The smallest absolute Gasteiger partial charge is 0.255 e. The number of pyridine rings is 1. The van der Waals surface area contributed by atoms with E-state index < -0.39 is 0 Å². The van der Waals surface area contributed by atoms with Crippen molar-refractivity contribution in [2.24, 2.45) is 0 Å². The van der Waals surface area contributed by atoms with E-state index in [0.717, 1.165) is 11.4 Å². The second-order valence-electron chi connectivity index (χ2n) is 6.17. The second kappa shape index (κ2) is 8.65. The van der Waals surface area contributed by atoms with Crippen LogP contribution in [-0.4, -0.2) is 45.0 Å². The van der Waals surface area contributed by atoms with Crippen LogP contribution in [0.5, 0.6) is 0 Å². The van der Waals surface area contributed by atoms with Crippen molar-refractivity contribution in [1.82, 2.24) is 24.8 Å². The largest absolute Gasteiger partial charge is 0.329 e. The lowest BCUT2D eigenvalue weighted by molar-refractivity contribution is 0.0633. The number of hydrogen-bond donors (Lipinski definition) is 1. The highest BCUT2D eigenvalue weighted by atomic mass is 35.5. The van der Waals surface area contributed by atoms with Crippen molar-refractivity contribution in [3.8, 4) is 0 Å². The summed E-state index contributed by atoms with van der Waals surface area (Å²) in [5.41, 5.74) is 2.07. The average molecular weight is 412 g/mol. The van der Waals surface area contributed by atoms with Crippen molar-refractivity contribution in [3.63, 3.8) is 0 Å². The molecule has 0 radical (unpaired) electrons. The molecule has 1 aliphatic heterocycles. The zero-order chi connectivity index (χ0) is 17.4. The second-order valence-corrected chi connectivity index (χ2v) is 6.17. The standard InChI is InChI=1S/C18H18FN5O.2ClH/c1-12-21-22-17-6-5-14(11-24(12)17)18(25)23-8-7-20-10-16(23)13-3-2-4-15(19)9-13;;/h2-6,9,11,16,20H,7-8,10H2,1H3;2*1H. The minimum atomic E-state index is -0.294. The van der Waals surface area contributed by atoms with E-state index in [4.69, 9.17) is 0 Å². The van der Waals surface area contributed by atoms with Crippen molar-refractivity contribution in [3.05, 3.63) is 65.4 Å². The summed E-state index contributed by atoms with van der Waals surface area (Å²) in [7, 11) is 0. The number of aryl methyl sites for hydroxylation is 1. The maximum atomic E-state index is 13.6. The van der Waals surface area contributed by atoms with E-state index in [1.54, 1.807) is 33.7 Å². The van der Waals surface area contributed by atoms with Gasteiger partial charge in [0.2, 0.25) is 0 Å². The summed E-state index contributed by atoms with van der Waals surface area (Å²) in [6, 6.07) is 9.78. The van der Waals surface area contributed by atoms with Gasteiger partial charge in [0, 0.05) is 25.8 Å². The van der Waals surface area contributed by atoms with E-state index in [9.17, 15) is 9.18 Å². The van der Waals surface area contributed by atoms with Gasteiger partial charge in [0.15, 0.2) is 5.65 Å². The summed E-state index contributed by atoms with van der Waals surface area (Å²) in [5.74, 6) is 0.356. The van der Waals surface area contributed by atoms with E-state index >= 15 is 0 Å². The van der Waals surface area contributed by atoms with Crippen molar-refractivity contribution in [2.45, 2.75) is 13.0 Å². The topological polar surface area (TPSA) is 62.5 Å². The first-order chi connectivity index (χ1) is 12.1. The molecule has 1 aliphatic rings. The van der Waals surface area contributed by atoms with Gasteiger partial charge in [0.1, 0.15) is 11.6 Å². The van der Waals surface area contributed by atoms with Crippen molar-refractivity contribution in [1.29, 1.82) is 0 Å². The highest BCUT2D eigenvalue weighted by molar-refractivity contribution is 5.94. The molecular weight excluding hydrogens is 392 g/mol. The Morgan fingerprint density at radius 1 is 1.22 bits per heavy atom. The SMILES string of the molecule is Cc1nnc2ccc(C(=O)N3CCNCC3c3cccc(F)c3)cn12.Cl.Cl. The highest BCUT2D eigenvalue weighted by Gasteiger charge is 2.29. The van der Waals surface area contributed by atoms with Gasteiger partial charge >= 0.3 is 0 Å². The minimum Gasteiger partial charge on any atom is -0.329 e. The Bertz CT molecular complexity index is 948. The van der Waals surface area contributed by atoms with Gasteiger partial charge < -0.3 is 10.2 Å². The molecule has 144 valence electrons. The number of rotatable bonds is 2. The average Bonchev–Trinajstić information content (AvgIpc) is 3.01. The van der Waals surface area contributed by atoms with Gasteiger partial charge in [0.25, 0.3) is 5.91 Å². The fraction of sp³-hybridized carbons (Fsp3) is 0.278. The maximum absolute atomic E-state index is 13.6. The quantitative estimate of drug-likeness (QED) is 0.703. The van der Waals surface area contributed by atoms with Crippen LogP contribution in [0.25, 0.3) is 5.65 Å². The molecule has 0 aliphatic carbocycles. The molecule has 1 amide bonds. The number of amides is 1. The monoisotopic (exact) mass is 411 g/mol. The molecule has 3 heterocycles. The van der Waals surface area contributed by atoms with E-state index in [1.807, 2.05) is 13.0 Å². The van der Waals surface area contributed by atoms with Crippen LogP contribution >= 0.6 is 24.8 Å². The number of nitrogens with one attached hydrogen (secondary N) is 1. The molecule has 1 N–H and O–H groups in total. The Kier molecular flexibility index (Phi) is 6.75. The number of hydrogen-bond acceptors (Lipinski definition) is 4. The molecule has 6 nitrogen and oxygen atoms in total. The van der Waals surface area contributed by atoms with Gasteiger partial charge in [-0.1, -0.05) is 12.1 Å². The third kappa shape index (κ3) is 4.05. The summed E-state index contributed by atoms with van der Waals surface area (Å²) in [5, 5.41) is 11.3. The predicted octanol–water partition coefficient (Wildman–Crippen LogP) is 2.81. The van der Waals surface area contributed by atoms with E-state index in [2.05, 4.69) is 15.5 Å². The van der Waals surface area contributed by atoms with Crippen LogP contribution in [0.15, 0.2) is 42.6 Å². The maximum Gasteiger partial charge on any atom is 0.255 e. The van der Waals surface area contributed by atoms with E-state index in [1.165, 1.54) is 12.1 Å². The Labute approximate surface area is 168 Å². The molecular formula is C18H20Cl2FN5O. The Morgan fingerprint density at radius 3 is 2.81 bits per heavy atom. The van der Waals surface area contributed by atoms with Gasteiger partial charge in [-0.25, -0.2) is 4.39 Å². The van der Waals surface area contributed by atoms with Crippen LogP contribution in [0.4, 0.5) is 4.39 Å². The highest BCUT2D eigenvalue weighted by Crippen LogP contribution is 2.25. The lowest BCUT2D eigenvalue weighted by Gasteiger charge is -2.36. The molecule has 0 saturated carbocycles. The lowest BCUT2D eigenvalue weighted by atomic mass is 10.0. The fourth-order valence-electron chi connectivity index (χ4n) is 3.26. The van der Waals surface area contributed by atoms with Gasteiger partial charge in [-0.15, -0.1) is 35.0 Å². The Morgan fingerprint density at radius 2 is 2.04 bits per heavy atom. The molecule has 4 rings (SSSR count). The molecule has 1 atom stereocenters. The van der Waals surface area contributed by atoms with Gasteiger partial charge in [0.05, 0.1) is 11.6 Å². The summed E-state index contributed by atoms with van der Waals surface area (Å²) >= 11 is 0. The molecule has 3 aromatic rings. The van der Waals surface area contributed by atoms with Crippen LogP contribution in [0.3, 0.4) is 0 Å². The molecule has 1 aromatic carbocycles. The molecule has 1 saturated heterocycles. The van der Waals surface area contributed by atoms with Crippen molar-refractivity contribution in [2.75, 3.05) is 19.6 Å². The summed E-state index contributed by atoms with van der Waals surface area (Å²) < 4.78 is 15.4. The van der Waals surface area contributed by atoms with Crippen LogP contribution in [0.2, 0.25) is 0 Å². The first-order valence-corrected chi connectivity index (χ1v) is 8.22. The number of carbonyl (C=O) groups is 1. The van der Waals surface area contributed by atoms with Crippen LogP contribution in [0.1, 0.15) is 27.8 Å². The van der Waals surface area contributed by atoms with Crippen molar-refractivity contribution >= 4 is 36.4 Å². The molecule has 9 heteroatoms. The number of aromatic nitrogens is 3. The zero-order valence-electron chi connectivity index (χ0n) is 14.6. The number of nitrogens with zero attached hydrogens (tertiary/aromatic N) is 4. The minimum absolute atomic E-state index is 0. The number of benzene rings is 1. The van der Waals surface area contributed by atoms with Gasteiger partial charge in [-0.05, 0) is 36.8 Å². The van der Waals surface area contributed by atoms with Gasteiger partial charge in [-0.3, -0.25) is 9.20 Å². The molecule has 2 aromatic heterocycles. The molecule has 1 unspecified atom stereocenters. The fourth-order valence-corrected chi connectivity index (χ4v) is 3.26. The molecule has 27 heavy (non-hydrogen) atoms. The molecule has 0 spiro atoms. The summed E-state index contributed by atoms with van der Waals surface area (Å²) in [6.45, 7) is 3.72. The van der Waals surface area contributed by atoms with E-state index in [0.29, 0.717) is 30.8 Å². The Balaban J connectivity index is 0.00000131. The lowest BCUT2D eigenvalue weighted by Crippen LogP contribution is -2.48. The number of piperazine rings is 1. The third-order valence-corrected chi connectivity index (χ3v) is 4.56. The summed E-state index contributed by atoms with van der Waals surface area (Å²) in [6.07, 6.45) is 1.76. The third-order valence-electron chi connectivity index (χ3n) is 4.56. The first-order valence-electron chi connectivity index (χ1n) is 8.22. The number of carbonyl (C=O) groups excluding carboxylic acids is 1. The summed E-state index contributed by atoms with van der Waals surface area (Å²) in [4.78, 5) is 14.9. The van der Waals surface area contributed by atoms with Crippen molar-refractivity contribution < 1.29 is 9.18 Å². The van der Waals surface area contributed by atoms with Crippen LogP contribution in [0, 0.1) is 12.7 Å². The first kappa shape index (κ1) is 21.1. The zero-order valence-corrected chi connectivity index (χ0v) is 16.3. The normalized spacial score (nSPS) is 16.5. The number of fused-ring (bicyclic) bond motifs is 1. The van der Waals surface area contributed by atoms with Crippen LogP contribution < -0.4 is 5.32 Å². The number of halogens is 3. The molecule has 1 fully saturated rings. The van der Waals surface area contributed by atoms with Crippen LogP contribution in [-0.2, 0) is 0 Å². The Hall–Kier alpha value is -2.22. The van der Waals surface area contributed by atoms with E-state index in [-0.39, 0.29) is 42.6 Å². The van der Waals surface area contributed by atoms with Gasteiger partial charge in [-0.2, -0.15) is 0 Å². The molecule has 0 bridgehead atoms.